The summed E-state index contributed by atoms with van der Waals surface area (Å²) < 4.78 is 5.57. The smallest absolute Gasteiger partial charge is 0.253 e. The number of carbonyl (C=O) groups excluding carboxylic acids is 1. The number of rotatable bonds is 2. The summed E-state index contributed by atoms with van der Waals surface area (Å²) in [5.74, 6) is -0.127. The number of hydrogen-bond acceptors (Lipinski definition) is 3. The van der Waals surface area contributed by atoms with Gasteiger partial charge in [-0.3, -0.25) is 9.78 Å². The van der Waals surface area contributed by atoms with E-state index in [2.05, 4.69) is 28.5 Å². The fraction of sp³-hybridized carbons (Fsp3) is 0.368. The molecule has 1 aliphatic carbocycles. The molecule has 5 heteroatoms. The summed E-state index contributed by atoms with van der Waals surface area (Å²) in [6.07, 6.45) is 5.99. The first-order chi connectivity index (χ1) is 11.7. The van der Waals surface area contributed by atoms with E-state index in [0.717, 1.165) is 32.5 Å². The number of aromatic nitrogens is 1. The van der Waals surface area contributed by atoms with E-state index in [0.29, 0.717) is 10.6 Å². The highest BCUT2D eigenvalue weighted by Gasteiger charge is 2.47. The molecule has 4 rings (SSSR count). The molecular weight excluding hydrogens is 324 g/mol. The molecular formula is C19H19ClN2O2. The highest BCUT2D eigenvalue weighted by Crippen LogP contribution is 2.51. The van der Waals surface area contributed by atoms with Gasteiger partial charge < -0.3 is 10.1 Å². The third-order valence-electron chi connectivity index (χ3n) is 5.25. The zero-order chi connectivity index (χ0) is 16.6. The van der Waals surface area contributed by atoms with E-state index in [9.17, 15) is 4.79 Å². The van der Waals surface area contributed by atoms with Gasteiger partial charge in [-0.05, 0) is 36.5 Å². The Balaban J connectivity index is 1.66. The van der Waals surface area contributed by atoms with Crippen LogP contribution in [-0.4, -0.2) is 24.1 Å². The summed E-state index contributed by atoms with van der Waals surface area (Å²) in [6, 6.07) is 10.1. The van der Waals surface area contributed by atoms with Crippen LogP contribution in [0.25, 0.3) is 0 Å². The lowest BCUT2D eigenvalue weighted by molar-refractivity contribution is 0.000548. The van der Waals surface area contributed by atoms with E-state index >= 15 is 0 Å². The van der Waals surface area contributed by atoms with E-state index in [-0.39, 0.29) is 17.4 Å². The highest BCUT2D eigenvalue weighted by atomic mass is 35.5. The third kappa shape index (κ3) is 2.70. The largest absolute Gasteiger partial charge is 0.381 e. The zero-order valence-corrected chi connectivity index (χ0v) is 14.1. The van der Waals surface area contributed by atoms with E-state index in [4.69, 9.17) is 16.3 Å². The van der Waals surface area contributed by atoms with Gasteiger partial charge >= 0.3 is 0 Å². The summed E-state index contributed by atoms with van der Waals surface area (Å²) >= 11 is 5.97. The van der Waals surface area contributed by atoms with Crippen molar-refractivity contribution in [2.75, 3.05) is 13.2 Å². The molecule has 1 spiro atoms. The maximum absolute atomic E-state index is 12.7. The maximum atomic E-state index is 12.7. The Labute approximate surface area is 146 Å². The second-order valence-corrected chi connectivity index (χ2v) is 7.09. The van der Waals surface area contributed by atoms with Gasteiger partial charge in [-0.15, -0.1) is 0 Å². The van der Waals surface area contributed by atoms with Crippen molar-refractivity contribution < 1.29 is 9.53 Å². The van der Waals surface area contributed by atoms with Gasteiger partial charge in [0.05, 0.1) is 16.6 Å². The van der Waals surface area contributed by atoms with Gasteiger partial charge in [0.2, 0.25) is 0 Å². The molecule has 1 aromatic heterocycles. The molecule has 1 unspecified atom stereocenters. The number of nitrogens with one attached hydrogen (secondary N) is 1. The summed E-state index contributed by atoms with van der Waals surface area (Å²) in [7, 11) is 0. The Morgan fingerprint density at radius 3 is 2.83 bits per heavy atom. The molecule has 2 aliphatic rings. The minimum absolute atomic E-state index is 0.00378. The Hall–Kier alpha value is -1.91. The highest BCUT2D eigenvalue weighted by molar-refractivity contribution is 6.30. The Morgan fingerprint density at radius 1 is 1.25 bits per heavy atom. The van der Waals surface area contributed by atoms with Gasteiger partial charge in [0.15, 0.2) is 0 Å². The molecule has 1 N–H and O–H groups in total. The molecule has 24 heavy (non-hydrogen) atoms. The van der Waals surface area contributed by atoms with Crippen molar-refractivity contribution in [3.63, 3.8) is 0 Å². The Bertz CT molecular complexity index is 771. The topological polar surface area (TPSA) is 51.2 Å². The molecule has 1 atom stereocenters. The molecule has 124 valence electrons. The monoisotopic (exact) mass is 342 g/mol. The standard InChI is InChI=1S/C19H19ClN2O2/c20-15-9-14(11-21-12-15)18(23)22-17-16-4-2-1-3-13(16)10-19(17)5-7-24-8-6-19/h1-4,9,11-12,17H,5-8,10H2,(H,22,23). The number of benzene rings is 1. The number of ether oxygens (including phenoxy) is 1. The number of amides is 1. The second-order valence-electron chi connectivity index (χ2n) is 6.65. The van der Waals surface area contributed by atoms with Crippen LogP contribution >= 0.6 is 11.6 Å². The van der Waals surface area contributed by atoms with Crippen LogP contribution in [-0.2, 0) is 11.2 Å². The molecule has 1 fully saturated rings. The molecule has 2 aromatic rings. The van der Waals surface area contributed by atoms with Crippen molar-refractivity contribution in [2.45, 2.75) is 25.3 Å². The van der Waals surface area contributed by atoms with Crippen LogP contribution in [0.2, 0.25) is 5.02 Å². The predicted molar refractivity (Wildman–Crippen MR) is 92.1 cm³/mol. The fourth-order valence-corrected chi connectivity index (χ4v) is 4.19. The quantitative estimate of drug-likeness (QED) is 0.907. The van der Waals surface area contributed by atoms with E-state index in [1.54, 1.807) is 12.3 Å². The van der Waals surface area contributed by atoms with Gasteiger partial charge in [0.25, 0.3) is 5.91 Å². The van der Waals surface area contributed by atoms with Gasteiger partial charge in [0, 0.05) is 31.0 Å². The molecule has 0 radical (unpaired) electrons. The maximum Gasteiger partial charge on any atom is 0.253 e. The van der Waals surface area contributed by atoms with Crippen molar-refractivity contribution >= 4 is 17.5 Å². The van der Waals surface area contributed by atoms with Crippen molar-refractivity contribution in [1.29, 1.82) is 0 Å². The number of halogens is 1. The first-order valence-electron chi connectivity index (χ1n) is 8.25. The molecule has 1 aromatic carbocycles. The van der Waals surface area contributed by atoms with E-state index < -0.39 is 0 Å². The van der Waals surface area contributed by atoms with Crippen LogP contribution in [0.3, 0.4) is 0 Å². The number of hydrogen-bond donors (Lipinski definition) is 1. The van der Waals surface area contributed by atoms with E-state index in [1.807, 2.05) is 6.07 Å². The van der Waals surface area contributed by atoms with Crippen molar-refractivity contribution in [2.24, 2.45) is 5.41 Å². The first-order valence-corrected chi connectivity index (χ1v) is 8.63. The normalized spacial score (nSPS) is 21.5. The van der Waals surface area contributed by atoms with Crippen LogP contribution < -0.4 is 5.32 Å². The van der Waals surface area contributed by atoms with Crippen LogP contribution in [0.1, 0.15) is 40.4 Å². The third-order valence-corrected chi connectivity index (χ3v) is 5.46. The molecule has 2 heterocycles. The molecule has 0 saturated carbocycles. The lowest BCUT2D eigenvalue weighted by Crippen LogP contribution is -2.42. The predicted octanol–water partition coefficient (Wildman–Crippen LogP) is 3.56. The summed E-state index contributed by atoms with van der Waals surface area (Å²) in [4.78, 5) is 16.8. The first kappa shape index (κ1) is 15.6. The average molecular weight is 343 g/mol. The zero-order valence-electron chi connectivity index (χ0n) is 13.3. The minimum atomic E-state index is -0.127. The molecule has 1 amide bonds. The van der Waals surface area contributed by atoms with Crippen LogP contribution in [0.5, 0.6) is 0 Å². The Kier molecular flexibility index (Phi) is 4.02. The SMILES string of the molecule is O=C(NC1c2ccccc2CC12CCOCC2)c1cncc(Cl)c1. The molecule has 1 aliphatic heterocycles. The average Bonchev–Trinajstić information content (AvgIpc) is 2.88. The number of nitrogens with zero attached hydrogens (tertiary/aromatic N) is 1. The fourth-order valence-electron chi connectivity index (χ4n) is 4.01. The second kappa shape index (κ2) is 6.19. The van der Waals surface area contributed by atoms with Crippen molar-refractivity contribution in [3.8, 4) is 0 Å². The van der Waals surface area contributed by atoms with E-state index in [1.165, 1.54) is 17.3 Å². The van der Waals surface area contributed by atoms with Crippen molar-refractivity contribution in [1.82, 2.24) is 10.3 Å². The van der Waals surface area contributed by atoms with Gasteiger partial charge in [-0.25, -0.2) is 0 Å². The molecule has 0 bridgehead atoms. The van der Waals surface area contributed by atoms with Gasteiger partial charge in [-0.1, -0.05) is 35.9 Å². The lowest BCUT2D eigenvalue weighted by atomic mass is 9.74. The van der Waals surface area contributed by atoms with Crippen LogP contribution in [0, 0.1) is 5.41 Å². The summed E-state index contributed by atoms with van der Waals surface area (Å²) in [5.41, 5.74) is 3.09. The Morgan fingerprint density at radius 2 is 2.04 bits per heavy atom. The molecule has 1 saturated heterocycles. The van der Waals surface area contributed by atoms with Gasteiger partial charge in [-0.2, -0.15) is 0 Å². The number of fused-ring (bicyclic) bond motifs is 1. The number of pyridine rings is 1. The van der Waals surface area contributed by atoms with Gasteiger partial charge in [0.1, 0.15) is 0 Å². The molecule has 4 nitrogen and oxygen atoms in total. The van der Waals surface area contributed by atoms with Crippen LogP contribution in [0.4, 0.5) is 0 Å². The van der Waals surface area contributed by atoms with Crippen LogP contribution in [0.15, 0.2) is 42.7 Å². The summed E-state index contributed by atoms with van der Waals surface area (Å²) in [5, 5.41) is 3.71. The van der Waals surface area contributed by atoms with Crippen molar-refractivity contribution in [3.05, 3.63) is 64.4 Å². The lowest BCUT2D eigenvalue weighted by Gasteiger charge is -2.39. The number of carbonyl (C=O) groups is 1. The minimum Gasteiger partial charge on any atom is -0.381 e. The summed E-state index contributed by atoms with van der Waals surface area (Å²) in [6.45, 7) is 1.50.